The number of rotatable bonds is 3. The van der Waals surface area contributed by atoms with Crippen molar-refractivity contribution in [1.29, 1.82) is 0 Å². The third-order valence-corrected chi connectivity index (χ3v) is 3.39. The van der Waals surface area contributed by atoms with Gasteiger partial charge in [-0.05, 0) is 33.8 Å². The van der Waals surface area contributed by atoms with E-state index in [1.54, 1.807) is 52.0 Å². The number of nitrogens with one attached hydrogen (secondary N) is 1. The lowest BCUT2D eigenvalue weighted by molar-refractivity contribution is -0.147. The van der Waals surface area contributed by atoms with Gasteiger partial charge in [-0.3, -0.25) is 0 Å². The van der Waals surface area contributed by atoms with Crippen LogP contribution in [0.25, 0.3) is 5.57 Å². The number of anilines is 1. The van der Waals surface area contributed by atoms with Crippen LogP contribution in [0.5, 0.6) is 0 Å². The molecule has 1 aromatic carbocycles. The second kappa shape index (κ2) is 6.95. The highest BCUT2D eigenvalue weighted by molar-refractivity contribution is 6.19. The maximum Gasteiger partial charge on any atom is 0.342 e. The fourth-order valence-electron chi connectivity index (χ4n) is 2.46. The number of hydrogen-bond donors (Lipinski definition) is 2. The highest BCUT2D eigenvalue weighted by Gasteiger charge is 2.32. The van der Waals surface area contributed by atoms with Gasteiger partial charge in [0.1, 0.15) is 23.0 Å². The first-order chi connectivity index (χ1) is 11.2. The molecule has 1 aliphatic heterocycles. The summed E-state index contributed by atoms with van der Waals surface area (Å²) in [5.41, 5.74) is 0.441. The standard InChI is InChI=1S/C18H23NO5/c1-5-23-16(21)13-10-14(20)15(17(22)24-18(2,3)4)11-8-6-7-9-12(11)19-13/h6-9,13,19-20H,5,10H2,1-4H3/t13-/m1/s1. The van der Waals surface area contributed by atoms with Crippen molar-refractivity contribution in [1.82, 2.24) is 0 Å². The summed E-state index contributed by atoms with van der Waals surface area (Å²) in [7, 11) is 0. The Morgan fingerprint density at radius 3 is 2.58 bits per heavy atom. The summed E-state index contributed by atoms with van der Waals surface area (Å²) in [5.74, 6) is -1.30. The number of carbonyl (C=O) groups excluding carboxylic acids is 2. The molecule has 0 saturated heterocycles. The maximum atomic E-state index is 12.6. The second-order valence-electron chi connectivity index (χ2n) is 6.52. The van der Waals surface area contributed by atoms with E-state index < -0.39 is 23.6 Å². The van der Waals surface area contributed by atoms with Crippen LogP contribution in [0.1, 0.15) is 39.7 Å². The molecule has 1 heterocycles. The first kappa shape index (κ1) is 17.8. The van der Waals surface area contributed by atoms with Crippen molar-refractivity contribution < 1.29 is 24.2 Å². The fraction of sp³-hybridized carbons (Fsp3) is 0.444. The van der Waals surface area contributed by atoms with E-state index in [4.69, 9.17) is 9.47 Å². The second-order valence-corrected chi connectivity index (χ2v) is 6.52. The number of ether oxygens (including phenoxy) is 2. The summed E-state index contributed by atoms with van der Waals surface area (Å²) in [6, 6.07) is 6.20. The molecule has 0 amide bonds. The van der Waals surface area contributed by atoms with E-state index in [1.165, 1.54) is 0 Å². The first-order valence-electron chi connectivity index (χ1n) is 7.91. The van der Waals surface area contributed by atoms with Gasteiger partial charge >= 0.3 is 11.9 Å². The zero-order chi connectivity index (χ0) is 17.9. The van der Waals surface area contributed by atoms with Crippen LogP contribution in [-0.4, -0.2) is 35.3 Å². The largest absolute Gasteiger partial charge is 0.511 e. The van der Waals surface area contributed by atoms with Crippen molar-refractivity contribution in [2.45, 2.75) is 45.8 Å². The number of esters is 2. The zero-order valence-electron chi connectivity index (χ0n) is 14.4. The molecule has 0 fully saturated rings. The minimum Gasteiger partial charge on any atom is -0.511 e. The predicted molar refractivity (Wildman–Crippen MR) is 90.5 cm³/mol. The molecule has 1 atom stereocenters. The van der Waals surface area contributed by atoms with Gasteiger partial charge < -0.3 is 19.9 Å². The third-order valence-electron chi connectivity index (χ3n) is 3.39. The van der Waals surface area contributed by atoms with Gasteiger partial charge in [-0.25, -0.2) is 9.59 Å². The van der Waals surface area contributed by atoms with Gasteiger partial charge in [0.05, 0.1) is 6.61 Å². The molecular formula is C18H23NO5. The Kier molecular flexibility index (Phi) is 5.17. The quantitative estimate of drug-likeness (QED) is 0.827. The van der Waals surface area contributed by atoms with Crippen LogP contribution < -0.4 is 5.32 Å². The average molecular weight is 333 g/mol. The Labute approximate surface area is 141 Å². The summed E-state index contributed by atoms with van der Waals surface area (Å²) in [4.78, 5) is 24.6. The van der Waals surface area contributed by atoms with E-state index in [0.717, 1.165) is 0 Å². The maximum absolute atomic E-state index is 12.6. The molecule has 0 radical (unpaired) electrons. The molecular weight excluding hydrogens is 310 g/mol. The molecule has 24 heavy (non-hydrogen) atoms. The van der Waals surface area contributed by atoms with Crippen LogP contribution in [0.15, 0.2) is 30.0 Å². The van der Waals surface area contributed by atoms with Crippen LogP contribution in [0, 0.1) is 0 Å². The molecule has 2 N–H and O–H groups in total. The summed E-state index contributed by atoms with van der Waals surface area (Å²) in [6.07, 6.45) is -0.0535. The van der Waals surface area contributed by atoms with E-state index in [0.29, 0.717) is 11.3 Å². The summed E-state index contributed by atoms with van der Waals surface area (Å²) >= 11 is 0. The van der Waals surface area contributed by atoms with Crippen LogP contribution in [0.3, 0.4) is 0 Å². The van der Waals surface area contributed by atoms with Crippen LogP contribution in [-0.2, 0) is 19.1 Å². The monoisotopic (exact) mass is 333 g/mol. The van der Waals surface area contributed by atoms with Crippen molar-refractivity contribution in [3.05, 3.63) is 35.6 Å². The molecule has 0 aromatic heterocycles. The Balaban J connectivity index is 2.46. The lowest BCUT2D eigenvalue weighted by atomic mass is 10.0. The molecule has 1 aliphatic rings. The van der Waals surface area contributed by atoms with Gasteiger partial charge in [0.25, 0.3) is 0 Å². The molecule has 0 unspecified atom stereocenters. The highest BCUT2D eigenvalue weighted by atomic mass is 16.6. The molecule has 0 aliphatic carbocycles. The summed E-state index contributed by atoms with van der Waals surface area (Å²) < 4.78 is 10.4. The smallest absolute Gasteiger partial charge is 0.342 e. The molecule has 1 aromatic rings. The van der Waals surface area contributed by atoms with Gasteiger partial charge in [-0.2, -0.15) is 0 Å². The lowest BCUT2D eigenvalue weighted by Gasteiger charge is -2.21. The number of para-hydroxylation sites is 1. The van der Waals surface area contributed by atoms with E-state index in [-0.39, 0.29) is 24.4 Å². The van der Waals surface area contributed by atoms with E-state index >= 15 is 0 Å². The molecule has 0 bridgehead atoms. The molecule has 2 rings (SSSR count). The number of carbonyl (C=O) groups is 2. The highest BCUT2D eigenvalue weighted by Crippen LogP contribution is 2.33. The number of aliphatic hydroxyl groups is 1. The van der Waals surface area contributed by atoms with Gasteiger partial charge in [-0.15, -0.1) is 0 Å². The fourth-order valence-corrected chi connectivity index (χ4v) is 2.46. The van der Waals surface area contributed by atoms with E-state index in [9.17, 15) is 14.7 Å². The van der Waals surface area contributed by atoms with Gasteiger partial charge in [-0.1, -0.05) is 18.2 Å². The normalized spacial score (nSPS) is 17.4. The molecule has 0 saturated carbocycles. The number of hydrogen-bond acceptors (Lipinski definition) is 6. The lowest BCUT2D eigenvalue weighted by Crippen LogP contribution is -2.31. The minimum absolute atomic E-state index is 0.0535. The van der Waals surface area contributed by atoms with Crippen molar-refractivity contribution in [2.24, 2.45) is 0 Å². The Morgan fingerprint density at radius 2 is 1.96 bits per heavy atom. The van der Waals surface area contributed by atoms with Gasteiger partial charge in [0.15, 0.2) is 0 Å². The van der Waals surface area contributed by atoms with E-state index in [1.807, 2.05) is 0 Å². The van der Waals surface area contributed by atoms with Gasteiger partial charge in [0, 0.05) is 17.7 Å². The first-order valence-corrected chi connectivity index (χ1v) is 7.91. The average Bonchev–Trinajstić information content (AvgIpc) is 2.61. The Bertz CT molecular complexity index is 672. The van der Waals surface area contributed by atoms with Crippen LogP contribution in [0.2, 0.25) is 0 Å². The van der Waals surface area contributed by atoms with Crippen molar-refractivity contribution in [2.75, 3.05) is 11.9 Å². The number of aliphatic hydroxyl groups excluding tert-OH is 1. The minimum atomic E-state index is -0.772. The van der Waals surface area contributed by atoms with Gasteiger partial charge in [0.2, 0.25) is 0 Å². The van der Waals surface area contributed by atoms with Crippen LogP contribution >= 0.6 is 0 Å². The number of fused-ring (bicyclic) bond motifs is 1. The number of benzene rings is 1. The summed E-state index contributed by atoms with van der Waals surface area (Å²) in [6.45, 7) is 7.22. The van der Waals surface area contributed by atoms with Crippen molar-refractivity contribution in [3.63, 3.8) is 0 Å². The van der Waals surface area contributed by atoms with Crippen LogP contribution in [0.4, 0.5) is 5.69 Å². The molecule has 6 heteroatoms. The third kappa shape index (κ3) is 4.07. The molecule has 6 nitrogen and oxygen atoms in total. The SMILES string of the molecule is CCOC(=O)[C@H]1CC(O)=C(C(=O)OC(C)(C)C)c2ccccc2N1. The molecule has 130 valence electrons. The predicted octanol–water partition coefficient (Wildman–Crippen LogP) is 3.04. The van der Waals surface area contributed by atoms with Crippen molar-refractivity contribution >= 4 is 23.2 Å². The van der Waals surface area contributed by atoms with Crippen molar-refractivity contribution in [3.8, 4) is 0 Å². The zero-order valence-corrected chi connectivity index (χ0v) is 14.4. The summed E-state index contributed by atoms with van der Waals surface area (Å²) in [5, 5.41) is 13.5. The molecule has 0 spiro atoms. The Morgan fingerprint density at radius 1 is 1.29 bits per heavy atom. The van der Waals surface area contributed by atoms with E-state index in [2.05, 4.69) is 5.32 Å². The Hall–Kier alpha value is -2.50. The topological polar surface area (TPSA) is 84.9 Å².